The van der Waals surface area contributed by atoms with E-state index in [-0.39, 0.29) is 36.4 Å². The number of unbranched alkanes of at least 4 members (excludes halogenated alkanes) is 1. The average Bonchev–Trinajstić information content (AvgIpc) is 3.27. The number of hydrogen-bond donors (Lipinski definition) is 0. The number of hydrogen-bond acceptors (Lipinski definition) is 15. The first-order valence-electron chi connectivity index (χ1n) is 24.0. The molecule has 0 aliphatic carbocycles. The fourth-order valence-electron chi connectivity index (χ4n) is 7.00. The molecule has 0 radical (unpaired) electrons. The van der Waals surface area contributed by atoms with Crippen molar-refractivity contribution in [2.24, 2.45) is 34.5 Å². The Bertz CT molecular complexity index is 1630. The van der Waals surface area contributed by atoms with E-state index in [4.69, 9.17) is 47.4 Å². The van der Waals surface area contributed by atoms with Gasteiger partial charge in [-0.15, -0.1) is 0 Å². The summed E-state index contributed by atoms with van der Waals surface area (Å²) in [6.07, 6.45) is -2.00. The Balaban J connectivity index is 0.000000552. The topological polar surface area (TPSA) is 178 Å². The normalized spacial score (nSPS) is 29.3. The maximum Gasteiger partial charge on any atom is 0.313 e. The Morgan fingerprint density at radius 2 is 1.03 bits per heavy atom. The standard InChI is InChI=1S/C31H50O13.C10H20O2.C10H14/c1-11-31(9,10)30(35)44-29-26(41-21(8)34)18(5)23(14-38-29)43-28-25(40-20(7)33)17(4)22(13-37-28)42-27-24(39-19(6)32)16(3)15(2)12-36-27;1-5-7-8-12-9(11)10(3,4)6-2;1-3-9(2)10-7-5-4-6-8-10/h15-18,22-29H,11-14H2,1-10H3;5-8H2,1-4H3;4-9H,3H2,1-2H3. The fraction of sp³-hybridized carbons (Fsp3) is 0.784. The highest BCUT2D eigenvalue weighted by atomic mass is 16.8. The fourth-order valence-corrected chi connectivity index (χ4v) is 7.00. The predicted octanol–water partition coefficient (Wildman–Crippen LogP) is 9.11. The SMILES string of the molecule is CCC(C)(C)C(=O)OC1OCC(OC2OCC(OC3OCC(C)C(C)C3OC(C)=O)C(C)C2OC(C)=O)C(C)C1OC(C)=O.CCC(C)c1ccccc1.CCCCOC(=O)C(C)(C)CC. The monoisotopic (exact) mass is 937 g/mol. The molecule has 0 bridgehead atoms. The van der Waals surface area contributed by atoms with Gasteiger partial charge in [0.1, 0.15) is 0 Å². The number of ether oxygens (including phenoxy) is 10. The molecular weight excluding hydrogens is 853 g/mol. The van der Waals surface area contributed by atoms with Gasteiger partial charge >= 0.3 is 29.8 Å². The van der Waals surface area contributed by atoms with Gasteiger partial charge < -0.3 is 47.4 Å². The first kappa shape index (κ1) is 58.5. The summed E-state index contributed by atoms with van der Waals surface area (Å²) in [4.78, 5) is 60.1. The van der Waals surface area contributed by atoms with Crippen molar-refractivity contribution in [1.82, 2.24) is 0 Å². The van der Waals surface area contributed by atoms with Crippen LogP contribution in [0.15, 0.2) is 30.3 Å². The molecule has 3 saturated heterocycles. The van der Waals surface area contributed by atoms with E-state index >= 15 is 0 Å². The van der Waals surface area contributed by atoms with Gasteiger partial charge in [0.15, 0.2) is 30.9 Å². The number of rotatable bonds is 17. The Labute approximate surface area is 395 Å². The van der Waals surface area contributed by atoms with Crippen LogP contribution in [0.2, 0.25) is 0 Å². The minimum Gasteiger partial charge on any atom is -0.465 e. The summed E-state index contributed by atoms with van der Waals surface area (Å²) >= 11 is 0. The van der Waals surface area contributed by atoms with E-state index in [9.17, 15) is 24.0 Å². The molecule has 15 heteroatoms. The molecule has 4 rings (SSSR count). The van der Waals surface area contributed by atoms with Gasteiger partial charge in [-0.05, 0) is 70.8 Å². The predicted molar refractivity (Wildman–Crippen MR) is 248 cm³/mol. The van der Waals surface area contributed by atoms with Crippen molar-refractivity contribution >= 4 is 29.8 Å². The molecule has 1 aromatic carbocycles. The molecule has 0 amide bonds. The molecule has 13 atom stereocenters. The Morgan fingerprint density at radius 1 is 0.606 bits per heavy atom. The van der Waals surface area contributed by atoms with Crippen molar-refractivity contribution in [1.29, 1.82) is 0 Å². The van der Waals surface area contributed by atoms with Crippen molar-refractivity contribution < 1.29 is 71.3 Å². The summed E-state index contributed by atoms with van der Waals surface area (Å²) in [5.41, 5.74) is 0.387. The van der Waals surface area contributed by atoms with Crippen molar-refractivity contribution in [3.63, 3.8) is 0 Å². The van der Waals surface area contributed by atoms with E-state index in [0.717, 1.165) is 19.3 Å². The summed E-state index contributed by atoms with van der Waals surface area (Å²) < 4.78 is 58.0. The van der Waals surface area contributed by atoms with E-state index in [2.05, 4.69) is 51.1 Å². The summed E-state index contributed by atoms with van der Waals surface area (Å²) in [7, 11) is 0. The van der Waals surface area contributed by atoms with Crippen LogP contribution in [-0.4, -0.2) is 106 Å². The molecule has 13 unspecified atom stereocenters. The van der Waals surface area contributed by atoms with E-state index in [1.54, 1.807) is 20.8 Å². The van der Waals surface area contributed by atoms with Gasteiger partial charge in [-0.2, -0.15) is 0 Å². The third-order valence-corrected chi connectivity index (χ3v) is 13.1. The molecule has 0 N–H and O–H groups in total. The lowest BCUT2D eigenvalue weighted by atomic mass is 9.88. The van der Waals surface area contributed by atoms with E-state index in [1.807, 2.05) is 48.5 Å². The molecule has 0 spiro atoms. The second-order valence-electron chi connectivity index (χ2n) is 19.3. The summed E-state index contributed by atoms with van der Waals surface area (Å²) in [5.74, 6) is -2.12. The second-order valence-corrected chi connectivity index (χ2v) is 19.3. The second kappa shape index (κ2) is 28.0. The third kappa shape index (κ3) is 18.1. The van der Waals surface area contributed by atoms with Crippen LogP contribution >= 0.6 is 0 Å². The maximum atomic E-state index is 12.8. The van der Waals surface area contributed by atoms with Crippen LogP contribution in [0.1, 0.15) is 154 Å². The smallest absolute Gasteiger partial charge is 0.313 e. The van der Waals surface area contributed by atoms with Crippen LogP contribution in [0.25, 0.3) is 0 Å². The third-order valence-electron chi connectivity index (χ3n) is 13.1. The molecule has 0 aromatic heterocycles. The lowest BCUT2D eigenvalue weighted by Crippen LogP contribution is -2.58. The molecule has 3 heterocycles. The quantitative estimate of drug-likeness (QED) is 0.0820. The Kier molecular flexibility index (Phi) is 24.8. The summed E-state index contributed by atoms with van der Waals surface area (Å²) in [6.45, 7) is 30.4. The average molecular weight is 937 g/mol. The molecule has 15 nitrogen and oxygen atoms in total. The van der Waals surface area contributed by atoms with Crippen molar-refractivity contribution in [2.45, 2.75) is 198 Å². The van der Waals surface area contributed by atoms with E-state index in [0.29, 0.717) is 25.6 Å². The number of esters is 5. The lowest BCUT2D eigenvalue weighted by molar-refractivity contribution is -0.333. The molecule has 3 aliphatic heterocycles. The zero-order valence-electron chi connectivity index (χ0n) is 42.9. The Hall–Kier alpha value is -3.63. The number of benzene rings is 1. The molecule has 3 aliphatic rings. The van der Waals surface area contributed by atoms with Crippen molar-refractivity contribution in [3.05, 3.63) is 35.9 Å². The minimum absolute atomic E-state index is 0.000441. The van der Waals surface area contributed by atoms with Gasteiger partial charge in [-0.1, -0.05) is 99.1 Å². The van der Waals surface area contributed by atoms with Crippen LogP contribution in [-0.2, 0) is 71.3 Å². The zero-order valence-corrected chi connectivity index (χ0v) is 42.9. The highest BCUT2D eigenvalue weighted by Crippen LogP contribution is 2.36. The lowest BCUT2D eigenvalue weighted by Gasteiger charge is -2.46. The maximum absolute atomic E-state index is 12.8. The number of carbonyl (C=O) groups excluding carboxylic acids is 5. The zero-order chi connectivity index (χ0) is 49.9. The number of carbonyl (C=O) groups is 5. The summed E-state index contributed by atoms with van der Waals surface area (Å²) in [6, 6.07) is 10.6. The van der Waals surface area contributed by atoms with Gasteiger partial charge in [0.2, 0.25) is 6.29 Å². The van der Waals surface area contributed by atoms with Gasteiger partial charge in [-0.3, -0.25) is 24.0 Å². The first-order valence-corrected chi connectivity index (χ1v) is 24.0. The molecule has 0 saturated carbocycles. The van der Waals surface area contributed by atoms with Gasteiger partial charge in [-0.25, -0.2) is 0 Å². The molecule has 3 fully saturated rings. The molecule has 1 aromatic rings. The van der Waals surface area contributed by atoms with Gasteiger partial charge in [0, 0.05) is 38.5 Å². The van der Waals surface area contributed by atoms with E-state index < -0.39 is 90.5 Å². The molecular formula is C51H84O15. The first-order chi connectivity index (χ1) is 30.9. The van der Waals surface area contributed by atoms with Gasteiger partial charge in [0.25, 0.3) is 0 Å². The summed E-state index contributed by atoms with van der Waals surface area (Å²) in [5, 5.41) is 0. The Morgan fingerprint density at radius 3 is 1.47 bits per heavy atom. The van der Waals surface area contributed by atoms with Crippen LogP contribution in [0.4, 0.5) is 0 Å². The van der Waals surface area contributed by atoms with Crippen molar-refractivity contribution in [3.8, 4) is 0 Å². The van der Waals surface area contributed by atoms with Crippen LogP contribution < -0.4 is 0 Å². The van der Waals surface area contributed by atoms with Gasteiger partial charge in [0.05, 0.1) is 49.5 Å². The minimum atomic E-state index is -1.12. The van der Waals surface area contributed by atoms with Crippen LogP contribution in [0, 0.1) is 34.5 Å². The van der Waals surface area contributed by atoms with E-state index in [1.165, 1.54) is 32.8 Å². The molecule has 378 valence electrons. The largest absolute Gasteiger partial charge is 0.465 e. The van der Waals surface area contributed by atoms with Crippen LogP contribution in [0.5, 0.6) is 0 Å². The van der Waals surface area contributed by atoms with Crippen molar-refractivity contribution in [2.75, 3.05) is 26.4 Å². The highest BCUT2D eigenvalue weighted by molar-refractivity contribution is 5.76. The molecule has 66 heavy (non-hydrogen) atoms. The highest BCUT2D eigenvalue weighted by Gasteiger charge is 2.50. The van der Waals surface area contributed by atoms with Crippen LogP contribution in [0.3, 0.4) is 0 Å².